The Hall–Kier alpha value is -0.320. The third kappa shape index (κ3) is 11.6. The van der Waals surface area contributed by atoms with Crippen LogP contribution in [-0.2, 0) is 18.9 Å². The van der Waals surface area contributed by atoms with E-state index in [9.17, 15) is 0 Å². The van der Waals surface area contributed by atoms with Crippen LogP contribution < -0.4 is 0 Å². The van der Waals surface area contributed by atoms with Crippen molar-refractivity contribution in [2.24, 2.45) is 0 Å². The molecule has 0 aliphatic carbocycles. The summed E-state index contributed by atoms with van der Waals surface area (Å²) in [5.41, 5.74) is 0. The Morgan fingerprint density at radius 3 is 1.07 bits per heavy atom. The summed E-state index contributed by atoms with van der Waals surface area (Å²) >= 11 is 0. The van der Waals surface area contributed by atoms with Gasteiger partial charge in [0.2, 0.25) is 0 Å². The summed E-state index contributed by atoms with van der Waals surface area (Å²) in [6.45, 7) is 15.9. The molecule has 3 heterocycles. The highest BCUT2D eigenvalue weighted by atomic mass is 16.5. The summed E-state index contributed by atoms with van der Waals surface area (Å²) in [7, 11) is 4.31. The van der Waals surface area contributed by atoms with Gasteiger partial charge in [0.1, 0.15) is 0 Å². The van der Waals surface area contributed by atoms with Crippen molar-refractivity contribution in [1.82, 2.24) is 19.6 Å². The summed E-state index contributed by atoms with van der Waals surface area (Å²) in [6, 6.07) is 0. The molecule has 0 N–H and O–H groups in total. The molecule has 28 heavy (non-hydrogen) atoms. The molecular formula is C20H42N4O4. The van der Waals surface area contributed by atoms with Gasteiger partial charge >= 0.3 is 0 Å². The maximum absolute atomic E-state index is 5.93. The summed E-state index contributed by atoms with van der Waals surface area (Å²) in [5.74, 6) is 0. The zero-order valence-corrected chi connectivity index (χ0v) is 18.1. The van der Waals surface area contributed by atoms with Gasteiger partial charge < -0.3 is 28.7 Å². The molecule has 0 amide bonds. The van der Waals surface area contributed by atoms with Gasteiger partial charge in [-0.1, -0.05) is 0 Å². The fraction of sp³-hybridized carbons (Fsp3) is 1.00. The molecule has 3 rings (SSSR count). The molecule has 0 saturated carbocycles. The van der Waals surface area contributed by atoms with Gasteiger partial charge in [-0.2, -0.15) is 0 Å². The quantitative estimate of drug-likeness (QED) is 0.505. The minimum Gasteiger partial charge on any atom is -0.379 e. The molecule has 166 valence electrons. The predicted molar refractivity (Wildman–Crippen MR) is 111 cm³/mol. The predicted octanol–water partition coefficient (Wildman–Crippen LogP) is -0.452. The SMILES string of the molecule is CN1CCOCCOCCN(C)CCN2CCOCCN(CCOCC2)CC1. The van der Waals surface area contributed by atoms with Crippen molar-refractivity contribution < 1.29 is 18.9 Å². The van der Waals surface area contributed by atoms with E-state index in [0.29, 0.717) is 13.2 Å². The van der Waals surface area contributed by atoms with Crippen molar-refractivity contribution in [1.29, 1.82) is 0 Å². The molecular weight excluding hydrogens is 360 g/mol. The van der Waals surface area contributed by atoms with Gasteiger partial charge in [-0.05, 0) is 14.1 Å². The third-order valence-corrected chi connectivity index (χ3v) is 5.41. The second kappa shape index (κ2) is 15.5. The molecule has 0 aromatic rings. The zero-order chi connectivity index (χ0) is 19.9. The van der Waals surface area contributed by atoms with E-state index in [0.717, 1.165) is 105 Å². The maximum atomic E-state index is 5.93. The normalized spacial score (nSPS) is 30.6. The number of nitrogens with zero attached hydrogens (tertiary/aromatic N) is 4. The summed E-state index contributed by atoms with van der Waals surface area (Å²) in [4.78, 5) is 9.55. The summed E-state index contributed by atoms with van der Waals surface area (Å²) in [5, 5.41) is 0. The lowest BCUT2D eigenvalue weighted by Crippen LogP contribution is -2.41. The molecule has 0 aromatic carbocycles. The average Bonchev–Trinajstić information content (AvgIpc) is 2.68. The number of fused-ring (bicyclic) bond motifs is 21. The maximum Gasteiger partial charge on any atom is 0.0701 e. The first-order chi connectivity index (χ1) is 13.7. The fourth-order valence-electron chi connectivity index (χ4n) is 3.26. The molecule has 3 saturated heterocycles. The summed E-state index contributed by atoms with van der Waals surface area (Å²) < 4.78 is 23.3. The number of hydrogen-bond acceptors (Lipinski definition) is 8. The molecule has 0 radical (unpaired) electrons. The van der Waals surface area contributed by atoms with Gasteiger partial charge in [0.15, 0.2) is 0 Å². The Morgan fingerprint density at radius 2 is 0.679 bits per heavy atom. The largest absolute Gasteiger partial charge is 0.379 e. The highest BCUT2D eigenvalue weighted by Crippen LogP contribution is 1.98. The lowest BCUT2D eigenvalue weighted by Gasteiger charge is -2.28. The van der Waals surface area contributed by atoms with Gasteiger partial charge in [-0.25, -0.2) is 0 Å². The van der Waals surface area contributed by atoms with E-state index in [-0.39, 0.29) is 0 Å². The van der Waals surface area contributed by atoms with Crippen molar-refractivity contribution in [2.45, 2.75) is 0 Å². The number of ether oxygens (including phenoxy) is 4. The average molecular weight is 403 g/mol. The molecule has 0 unspecified atom stereocenters. The molecule has 0 spiro atoms. The standard InChI is InChI=1S/C20H42N4O4/c1-21-3-5-23-9-15-25-17-11-24(12-18-26-16-10-23)6-4-22(2)8-14-28-20-19-27-13-7-21/h3-20H2,1-2H3. The Bertz CT molecular complexity index is 332. The van der Waals surface area contributed by atoms with Gasteiger partial charge in [0.25, 0.3) is 0 Å². The summed E-state index contributed by atoms with van der Waals surface area (Å²) in [6.07, 6.45) is 0. The van der Waals surface area contributed by atoms with E-state index in [2.05, 4.69) is 33.7 Å². The van der Waals surface area contributed by atoms with Gasteiger partial charge in [-0.3, -0.25) is 9.80 Å². The molecule has 8 heteroatoms. The first-order valence-corrected chi connectivity index (χ1v) is 10.9. The Kier molecular flexibility index (Phi) is 13.3. The topological polar surface area (TPSA) is 49.9 Å². The Morgan fingerprint density at radius 1 is 0.357 bits per heavy atom. The molecule has 3 fully saturated rings. The van der Waals surface area contributed by atoms with E-state index in [1.807, 2.05) is 0 Å². The lowest BCUT2D eigenvalue weighted by atomic mass is 10.4. The van der Waals surface area contributed by atoms with Crippen molar-refractivity contribution in [3.63, 3.8) is 0 Å². The van der Waals surface area contributed by atoms with Crippen LogP contribution in [-0.4, -0.2) is 152 Å². The molecule has 0 aromatic heterocycles. The second-order valence-corrected chi connectivity index (χ2v) is 7.74. The van der Waals surface area contributed by atoms with Crippen LogP contribution in [0, 0.1) is 0 Å². The lowest BCUT2D eigenvalue weighted by molar-refractivity contribution is 0.0339. The van der Waals surface area contributed by atoms with E-state index in [1.165, 1.54) is 0 Å². The van der Waals surface area contributed by atoms with Gasteiger partial charge in [-0.15, -0.1) is 0 Å². The first-order valence-electron chi connectivity index (χ1n) is 10.9. The van der Waals surface area contributed by atoms with Gasteiger partial charge in [0.05, 0.1) is 52.9 Å². The van der Waals surface area contributed by atoms with Crippen molar-refractivity contribution in [2.75, 3.05) is 132 Å². The minimum atomic E-state index is 0.673. The van der Waals surface area contributed by atoms with E-state index < -0.39 is 0 Å². The minimum absolute atomic E-state index is 0.673. The van der Waals surface area contributed by atoms with E-state index >= 15 is 0 Å². The molecule has 3 aliphatic rings. The second-order valence-electron chi connectivity index (χ2n) is 7.74. The van der Waals surface area contributed by atoms with Crippen LogP contribution in [0.3, 0.4) is 0 Å². The smallest absolute Gasteiger partial charge is 0.0701 e. The van der Waals surface area contributed by atoms with Crippen LogP contribution >= 0.6 is 0 Å². The molecule has 2 bridgehead atoms. The van der Waals surface area contributed by atoms with Crippen LogP contribution in [0.15, 0.2) is 0 Å². The van der Waals surface area contributed by atoms with Gasteiger partial charge in [0, 0.05) is 65.4 Å². The number of hydrogen-bond donors (Lipinski definition) is 0. The van der Waals surface area contributed by atoms with E-state index in [1.54, 1.807) is 0 Å². The van der Waals surface area contributed by atoms with E-state index in [4.69, 9.17) is 18.9 Å². The van der Waals surface area contributed by atoms with Crippen molar-refractivity contribution in [3.8, 4) is 0 Å². The highest BCUT2D eigenvalue weighted by molar-refractivity contribution is 4.65. The fourth-order valence-corrected chi connectivity index (χ4v) is 3.26. The van der Waals surface area contributed by atoms with Crippen LogP contribution in [0.25, 0.3) is 0 Å². The zero-order valence-electron chi connectivity index (χ0n) is 18.1. The van der Waals surface area contributed by atoms with Crippen LogP contribution in [0.5, 0.6) is 0 Å². The molecule has 3 aliphatic heterocycles. The van der Waals surface area contributed by atoms with Crippen molar-refractivity contribution >= 4 is 0 Å². The van der Waals surface area contributed by atoms with Crippen LogP contribution in [0.1, 0.15) is 0 Å². The molecule has 0 atom stereocenters. The number of rotatable bonds is 0. The number of likely N-dealkylation sites (N-methyl/N-ethyl adjacent to an activating group) is 2. The monoisotopic (exact) mass is 402 g/mol. The highest BCUT2D eigenvalue weighted by Gasteiger charge is 2.11. The van der Waals surface area contributed by atoms with Crippen LogP contribution in [0.4, 0.5) is 0 Å². The first kappa shape index (κ1) is 24.0. The third-order valence-electron chi connectivity index (χ3n) is 5.41. The van der Waals surface area contributed by atoms with Crippen molar-refractivity contribution in [3.05, 3.63) is 0 Å². The Balaban J connectivity index is 1.86. The Labute approximate surface area is 171 Å². The van der Waals surface area contributed by atoms with Crippen LogP contribution in [0.2, 0.25) is 0 Å². The molecule has 8 nitrogen and oxygen atoms in total.